The number of carbonyl (C=O) groups excluding carboxylic acids is 1. The number of ether oxygens (including phenoxy) is 2. The zero-order valence-electron chi connectivity index (χ0n) is 26.8. The lowest BCUT2D eigenvalue weighted by Gasteiger charge is -2.26. The van der Waals surface area contributed by atoms with Gasteiger partial charge >= 0.3 is 0 Å². The van der Waals surface area contributed by atoms with Gasteiger partial charge in [-0.3, -0.25) is 4.79 Å². The van der Waals surface area contributed by atoms with Crippen molar-refractivity contribution in [3.8, 4) is 16.9 Å². The second-order valence-corrected chi connectivity index (χ2v) is 12.8. The van der Waals surface area contributed by atoms with E-state index in [2.05, 4.69) is 16.8 Å². The average Bonchev–Trinajstić information content (AvgIpc) is 3.36. The lowest BCUT2D eigenvalue weighted by atomic mass is 9.97. The van der Waals surface area contributed by atoms with Crippen molar-refractivity contribution < 1.29 is 14.3 Å². The lowest BCUT2D eigenvalue weighted by molar-refractivity contribution is 0.0918. The first-order valence-corrected chi connectivity index (χ1v) is 16.4. The molecular weight excluding hydrogens is 619 g/mol. The molecule has 1 aliphatic rings. The standard InChI is InChI=1S/C37H38Cl2N4O3/c1-21-16-27(17-22(2)34(21)39)46-15-9-12-28-29-13-14-30(38)33(35(29)43-23(3)18-40-37(44)36(28)43)32-24(4)41-31(42-25(32)5)20-45-19-26-10-7-6-8-11-26/h6-8,10-11,13-14,16-17,23H,9,12,15,18-20H2,1-5H3,(H,40,44)/t23-/m1/s1. The minimum Gasteiger partial charge on any atom is -0.494 e. The van der Waals surface area contributed by atoms with Gasteiger partial charge in [0.1, 0.15) is 18.1 Å². The smallest absolute Gasteiger partial charge is 0.268 e. The lowest BCUT2D eigenvalue weighted by Crippen LogP contribution is -2.38. The van der Waals surface area contributed by atoms with Crippen LogP contribution in [0.2, 0.25) is 10.0 Å². The van der Waals surface area contributed by atoms with Crippen LogP contribution in [-0.2, 0) is 24.4 Å². The van der Waals surface area contributed by atoms with Gasteiger partial charge in [-0.2, -0.15) is 0 Å². The summed E-state index contributed by atoms with van der Waals surface area (Å²) in [6.07, 6.45) is 1.39. The quantitative estimate of drug-likeness (QED) is 0.152. The number of aromatic nitrogens is 3. The fourth-order valence-corrected chi connectivity index (χ4v) is 6.87. The van der Waals surface area contributed by atoms with Crippen molar-refractivity contribution in [2.75, 3.05) is 13.2 Å². The van der Waals surface area contributed by atoms with Crippen LogP contribution in [0.5, 0.6) is 5.75 Å². The molecule has 0 saturated heterocycles. The van der Waals surface area contributed by atoms with Crippen LogP contribution in [0.4, 0.5) is 0 Å². The summed E-state index contributed by atoms with van der Waals surface area (Å²) in [5, 5.41) is 5.44. The van der Waals surface area contributed by atoms with Crippen molar-refractivity contribution >= 4 is 40.0 Å². The number of fused-ring (bicyclic) bond motifs is 3. The number of amides is 1. The summed E-state index contributed by atoms with van der Waals surface area (Å²) in [5.41, 5.74) is 9.03. The molecule has 6 rings (SSSR count). The van der Waals surface area contributed by atoms with E-state index in [9.17, 15) is 4.79 Å². The van der Waals surface area contributed by atoms with Crippen LogP contribution in [0, 0.1) is 27.7 Å². The molecule has 0 aliphatic carbocycles. The van der Waals surface area contributed by atoms with Crippen molar-refractivity contribution in [2.24, 2.45) is 0 Å². The molecule has 1 amide bonds. The predicted molar refractivity (Wildman–Crippen MR) is 184 cm³/mol. The summed E-state index contributed by atoms with van der Waals surface area (Å²) < 4.78 is 14.2. The number of benzene rings is 3. The summed E-state index contributed by atoms with van der Waals surface area (Å²) >= 11 is 13.4. The van der Waals surface area contributed by atoms with Gasteiger partial charge < -0.3 is 19.4 Å². The molecule has 0 radical (unpaired) electrons. The molecule has 0 fully saturated rings. The highest BCUT2D eigenvalue weighted by atomic mass is 35.5. The van der Waals surface area contributed by atoms with E-state index < -0.39 is 0 Å². The molecule has 0 spiro atoms. The van der Waals surface area contributed by atoms with Gasteiger partial charge in [0, 0.05) is 45.5 Å². The summed E-state index contributed by atoms with van der Waals surface area (Å²) in [4.78, 5) is 23.1. The number of carbonyl (C=O) groups is 1. The molecule has 1 N–H and O–H groups in total. The molecule has 0 saturated carbocycles. The van der Waals surface area contributed by atoms with Crippen molar-refractivity contribution in [2.45, 2.75) is 66.7 Å². The molecule has 3 heterocycles. The SMILES string of the molecule is Cc1cc(OCCCc2c3n(c4c(-c5c(C)nc(COCc6ccccc6)nc5C)c(Cl)ccc24)[C@H](C)CNC3=O)cc(C)c1Cl. The third kappa shape index (κ3) is 6.24. The maximum atomic E-state index is 13.4. The van der Waals surface area contributed by atoms with Gasteiger partial charge in [0.25, 0.3) is 5.91 Å². The van der Waals surface area contributed by atoms with Crippen LogP contribution < -0.4 is 10.1 Å². The van der Waals surface area contributed by atoms with Gasteiger partial charge in [0.2, 0.25) is 0 Å². The van der Waals surface area contributed by atoms with Gasteiger partial charge in [-0.05, 0) is 87.9 Å². The second kappa shape index (κ2) is 13.4. The van der Waals surface area contributed by atoms with Gasteiger partial charge in [-0.15, -0.1) is 0 Å². The zero-order chi connectivity index (χ0) is 32.5. The van der Waals surface area contributed by atoms with E-state index in [1.165, 1.54) is 0 Å². The van der Waals surface area contributed by atoms with Crippen molar-refractivity contribution in [1.29, 1.82) is 0 Å². The minimum absolute atomic E-state index is 0.0321. The summed E-state index contributed by atoms with van der Waals surface area (Å²) in [6.45, 7) is 11.9. The summed E-state index contributed by atoms with van der Waals surface area (Å²) in [7, 11) is 0. The molecular formula is C37H38Cl2N4O3. The summed E-state index contributed by atoms with van der Waals surface area (Å²) in [5.74, 6) is 1.34. The maximum Gasteiger partial charge on any atom is 0.268 e. The Labute approximate surface area is 279 Å². The Hall–Kier alpha value is -3.91. The van der Waals surface area contributed by atoms with Gasteiger partial charge in [0.05, 0.1) is 23.8 Å². The van der Waals surface area contributed by atoms with Gasteiger partial charge in [-0.25, -0.2) is 9.97 Å². The molecule has 0 bridgehead atoms. The topological polar surface area (TPSA) is 78.3 Å². The molecule has 5 aromatic rings. The molecule has 0 unspecified atom stereocenters. The van der Waals surface area contributed by atoms with Crippen molar-refractivity contribution in [1.82, 2.24) is 19.9 Å². The fourth-order valence-electron chi connectivity index (χ4n) is 6.51. The molecule has 7 nitrogen and oxygen atoms in total. The van der Waals surface area contributed by atoms with E-state index in [-0.39, 0.29) is 11.9 Å². The van der Waals surface area contributed by atoms with Gasteiger partial charge in [0.15, 0.2) is 5.82 Å². The first-order chi connectivity index (χ1) is 22.1. The Bertz CT molecular complexity index is 1890. The minimum atomic E-state index is -0.0770. The third-order valence-electron chi connectivity index (χ3n) is 8.59. The zero-order valence-corrected chi connectivity index (χ0v) is 28.4. The number of nitrogens with zero attached hydrogens (tertiary/aromatic N) is 3. The first-order valence-electron chi connectivity index (χ1n) is 15.6. The second-order valence-electron chi connectivity index (χ2n) is 12.1. The van der Waals surface area contributed by atoms with E-state index in [1.807, 2.05) is 82.3 Å². The number of aryl methyl sites for hydroxylation is 5. The van der Waals surface area contributed by atoms with Crippen molar-refractivity contribution in [3.05, 3.63) is 110 Å². The van der Waals surface area contributed by atoms with Crippen LogP contribution >= 0.6 is 23.2 Å². The number of rotatable bonds is 10. The van der Waals surface area contributed by atoms with Crippen LogP contribution in [0.25, 0.3) is 22.0 Å². The molecule has 9 heteroatoms. The van der Waals surface area contributed by atoms with E-state index in [0.717, 1.165) is 72.9 Å². The molecule has 1 aliphatic heterocycles. The third-order valence-corrected chi connectivity index (χ3v) is 9.50. The number of nitrogens with one attached hydrogen (secondary N) is 1. The number of hydrogen-bond donors (Lipinski definition) is 1. The van der Waals surface area contributed by atoms with Crippen LogP contribution in [-0.4, -0.2) is 33.6 Å². The molecule has 238 valence electrons. The number of hydrogen-bond acceptors (Lipinski definition) is 5. The average molecular weight is 658 g/mol. The predicted octanol–water partition coefficient (Wildman–Crippen LogP) is 8.67. The Morgan fingerprint density at radius 2 is 1.63 bits per heavy atom. The van der Waals surface area contributed by atoms with Crippen molar-refractivity contribution in [3.63, 3.8) is 0 Å². The Morgan fingerprint density at radius 1 is 0.935 bits per heavy atom. The van der Waals surface area contributed by atoms with E-state index in [4.69, 9.17) is 42.6 Å². The molecule has 3 aromatic carbocycles. The first kappa shape index (κ1) is 32.0. The maximum absolute atomic E-state index is 13.4. The molecule has 1 atom stereocenters. The largest absolute Gasteiger partial charge is 0.494 e. The highest BCUT2D eigenvalue weighted by molar-refractivity contribution is 6.35. The normalized spacial score (nSPS) is 14.4. The summed E-state index contributed by atoms with van der Waals surface area (Å²) in [6, 6.07) is 17.9. The Kier molecular flexibility index (Phi) is 9.37. The van der Waals surface area contributed by atoms with E-state index in [1.54, 1.807) is 0 Å². The monoisotopic (exact) mass is 656 g/mol. The van der Waals surface area contributed by atoms with Crippen LogP contribution in [0.1, 0.15) is 69.3 Å². The highest BCUT2D eigenvalue weighted by Gasteiger charge is 2.32. The van der Waals surface area contributed by atoms with Crippen LogP contribution in [0.3, 0.4) is 0 Å². The molecule has 46 heavy (non-hydrogen) atoms. The Balaban J connectivity index is 1.33. The Morgan fingerprint density at radius 3 is 2.33 bits per heavy atom. The highest BCUT2D eigenvalue weighted by Crippen LogP contribution is 2.43. The van der Waals surface area contributed by atoms with E-state index in [0.29, 0.717) is 49.3 Å². The van der Waals surface area contributed by atoms with Crippen LogP contribution in [0.15, 0.2) is 54.6 Å². The number of halogens is 2. The molecule has 2 aromatic heterocycles. The van der Waals surface area contributed by atoms with Gasteiger partial charge in [-0.1, -0.05) is 59.6 Å². The fraction of sp³-hybridized carbons (Fsp3) is 0.324. The van der Waals surface area contributed by atoms with E-state index >= 15 is 0 Å².